The zero-order chi connectivity index (χ0) is 27.5. The molecule has 7 aromatic rings. The predicted molar refractivity (Wildman–Crippen MR) is 170 cm³/mol. The number of aromatic nitrogens is 2. The number of nitriles is 1. The van der Waals surface area contributed by atoms with E-state index >= 15 is 0 Å². The van der Waals surface area contributed by atoms with Crippen LogP contribution in [-0.4, -0.2) is 9.13 Å². The zero-order valence-corrected chi connectivity index (χ0v) is 22.8. The lowest BCUT2D eigenvalue weighted by Gasteiger charge is -2.18. The molecule has 3 nitrogen and oxygen atoms in total. The summed E-state index contributed by atoms with van der Waals surface area (Å²) < 4.78 is 4.71. The molecule has 0 saturated carbocycles. The summed E-state index contributed by atoms with van der Waals surface area (Å²) in [6.07, 6.45) is 5.62. The molecule has 8 rings (SSSR count). The predicted octanol–water partition coefficient (Wildman–Crippen LogP) is 9.47. The summed E-state index contributed by atoms with van der Waals surface area (Å²) >= 11 is 0. The first-order chi connectivity index (χ1) is 20.2. The van der Waals surface area contributed by atoms with E-state index in [1.165, 1.54) is 32.9 Å². The van der Waals surface area contributed by atoms with Gasteiger partial charge in [0.2, 0.25) is 0 Å². The highest BCUT2D eigenvalue weighted by Gasteiger charge is 2.21. The Morgan fingerprint density at radius 1 is 0.634 bits per heavy atom. The van der Waals surface area contributed by atoms with Crippen LogP contribution in [0.15, 0.2) is 121 Å². The number of hydrogen-bond donors (Lipinski definition) is 0. The maximum absolute atomic E-state index is 10.1. The van der Waals surface area contributed by atoms with E-state index in [1.807, 2.05) is 12.1 Å². The average molecular weight is 526 g/mol. The van der Waals surface area contributed by atoms with Crippen LogP contribution in [0.4, 0.5) is 0 Å². The number of benzene rings is 5. The first kappa shape index (κ1) is 23.5. The van der Waals surface area contributed by atoms with E-state index < -0.39 is 0 Å². The number of para-hydroxylation sites is 3. The van der Waals surface area contributed by atoms with E-state index in [2.05, 4.69) is 137 Å². The summed E-state index contributed by atoms with van der Waals surface area (Å²) in [7, 11) is 0. The standard InChI is InChI=1S/C38H27N3/c1-25-17-18-34-33-13-4-5-14-35(33)40(38(34)19-25)29-10-8-9-27(22-29)28-20-26(24-39)21-30(23-28)41-36-15-6-2-11-31(36)32-12-3-7-16-37(32)41/h2-18,20-23,25H,19H2,1H3. The van der Waals surface area contributed by atoms with Gasteiger partial charge in [0.1, 0.15) is 0 Å². The third kappa shape index (κ3) is 3.65. The van der Waals surface area contributed by atoms with Gasteiger partial charge in [-0.3, -0.25) is 0 Å². The Hall–Kier alpha value is -5.33. The minimum atomic E-state index is 0.495. The van der Waals surface area contributed by atoms with E-state index in [-0.39, 0.29) is 0 Å². The number of hydrogen-bond acceptors (Lipinski definition) is 1. The Morgan fingerprint density at radius 2 is 1.27 bits per heavy atom. The smallest absolute Gasteiger partial charge is 0.0992 e. The third-order valence-electron chi connectivity index (χ3n) is 8.45. The Balaban J connectivity index is 1.34. The van der Waals surface area contributed by atoms with Crippen LogP contribution in [0.25, 0.3) is 61.3 Å². The van der Waals surface area contributed by atoms with Crippen molar-refractivity contribution >= 4 is 38.8 Å². The molecule has 0 saturated heterocycles. The van der Waals surface area contributed by atoms with Crippen molar-refractivity contribution < 1.29 is 0 Å². The van der Waals surface area contributed by atoms with Crippen molar-refractivity contribution in [3.63, 3.8) is 0 Å². The summed E-state index contributed by atoms with van der Waals surface area (Å²) in [4.78, 5) is 0. The topological polar surface area (TPSA) is 33.6 Å². The van der Waals surface area contributed by atoms with Crippen LogP contribution < -0.4 is 0 Å². The van der Waals surface area contributed by atoms with Crippen molar-refractivity contribution in [1.29, 1.82) is 5.26 Å². The number of rotatable bonds is 3. The van der Waals surface area contributed by atoms with Gasteiger partial charge in [-0.1, -0.05) is 85.8 Å². The van der Waals surface area contributed by atoms with Crippen LogP contribution >= 0.6 is 0 Å². The largest absolute Gasteiger partial charge is 0.313 e. The molecule has 3 heteroatoms. The second-order valence-electron chi connectivity index (χ2n) is 11.1. The van der Waals surface area contributed by atoms with Gasteiger partial charge >= 0.3 is 0 Å². The van der Waals surface area contributed by atoms with Gasteiger partial charge in [-0.05, 0) is 72.0 Å². The fraction of sp³-hybridized carbons (Fsp3) is 0.0789. The van der Waals surface area contributed by atoms with Crippen molar-refractivity contribution in [1.82, 2.24) is 9.13 Å². The number of nitrogens with zero attached hydrogens (tertiary/aromatic N) is 3. The molecule has 0 amide bonds. The molecule has 194 valence electrons. The van der Waals surface area contributed by atoms with Gasteiger partial charge in [-0.25, -0.2) is 0 Å². The summed E-state index contributed by atoms with van der Waals surface area (Å²) in [5.41, 5.74) is 11.1. The van der Waals surface area contributed by atoms with Crippen LogP contribution in [0.2, 0.25) is 0 Å². The maximum atomic E-state index is 10.1. The molecule has 0 spiro atoms. The lowest BCUT2D eigenvalue weighted by molar-refractivity contribution is 0.690. The molecular formula is C38H27N3. The molecule has 41 heavy (non-hydrogen) atoms. The van der Waals surface area contributed by atoms with Crippen LogP contribution in [0, 0.1) is 17.2 Å². The molecule has 0 fully saturated rings. The maximum Gasteiger partial charge on any atom is 0.0992 e. The summed E-state index contributed by atoms with van der Waals surface area (Å²) in [5, 5.41) is 13.8. The molecule has 0 N–H and O–H groups in total. The monoisotopic (exact) mass is 525 g/mol. The fourth-order valence-electron chi connectivity index (χ4n) is 6.63. The molecule has 2 aromatic heterocycles. The molecule has 1 aliphatic rings. The normalized spacial score (nSPS) is 14.5. The highest BCUT2D eigenvalue weighted by molar-refractivity contribution is 6.09. The first-order valence-electron chi connectivity index (χ1n) is 14.1. The van der Waals surface area contributed by atoms with Gasteiger partial charge in [-0.2, -0.15) is 5.26 Å². The highest BCUT2D eigenvalue weighted by Crippen LogP contribution is 2.37. The van der Waals surface area contributed by atoms with E-state index in [4.69, 9.17) is 0 Å². The van der Waals surface area contributed by atoms with E-state index in [9.17, 15) is 5.26 Å². The molecule has 1 aliphatic carbocycles. The van der Waals surface area contributed by atoms with Gasteiger partial charge in [0.15, 0.2) is 0 Å². The summed E-state index contributed by atoms with van der Waals surface area (Å²) in [5.74, 6) is 0.495. The van der Waals surface area contributed by atoms with Crippen LogP contribution in [0.5, 0.6) is 0 Å². The van der Waals surface area contributed by atoms with Crippen molar-refractivity contribution in [3.05, 3.63) is 138 Å². The van der Waals surface area contributed by atoms with Gasteiger partial charge in [0.05, 0.1) is 28.2 Å². The molecule has 0 aliphatic heterocycles. The van der Waals surface area contributed by atoms with E-state index in [0.717, 1.165) is 40.0 Å². The van der Waals surface area contributed by atoms with Crippen molar-refractivity contribution in [2.45, 2.75) is 13.3 Å². The lowest BCUT2D eigenvalue weighted by atomic mass is 9.94. The molecular weight excluding hydrogens is 498 g/mol. The Kier molecular flexibility index (Phi) is 5.23. The highest BCUT2D eigenvalue weighted by atomic mass is 15.0. The molecule has 5 aromatic carbocycles. The Labute approximate surface area is 238 Å². The minimum Gasteiger partial charge on any atom is -0.313 e. The van der Waals surface area contributed by atoms with Crippen molar-refractivity contribution in [2.75, 3.05) is 0 Å². The molecule has 1 atom stereocenters. The number of allylic oxidation sites excluding steroid dienone is 1. The minimum absolute atomic E-state index is 0.495. The van der Waals surface area contributed by atoms with Gasteiger partial charge in [0, 0.05) is 38.8 Å². The Bertz CT molecular complexity index is 2160. The average Bonchev–Trinajstić information content (AvgIpc) is 3.53. The van der Waals surface area contributed by atoms with Crippen molar-refractivity contribution in [3.8, 4) is 28.6 Å². The molecule has 0 bridgehead atoms. The van der Waals surface area contributed by atoms with Crippen LogP contribution in [-0.2, 0) is 6.42 Å². The molecule has 0 radical (unpaired) electrons. The van der Waals surface area contributed by atoms with Crippen LogP contribution in [0.3, 0.4) is 0 Å². The molecule has 2 heterocycles. The van der Waals surface area contributed by atoms with E-state index in [1.54, 1.807) is 0 Å². The summed E-state index contributed by atoms with van der Waals surface area (Å²) in [6.45, 7) is 2.28. The fourth-order valence-corrected chi connectivity index (χ4v) is 6.63. The van der Waals surface area contributed by atoms with Crippen molar-refractivity contribution in [2.24, 2.45) is 5.92 Å². The van der Waals surface area contributed by atoms with Gasteiger partial charge in [0.25, 0.3) is 0 Å². The number of fused-ring (bicyclic) bond motifs is 6. The quantitative estimate of drug-likeness (QED) is 0.226. The van der Waals surface area contributed by atoms with Gasteiger partial charge < -0.3 is 9.13 Å². The van der Waals surface area contributed by atoms with Gasteiger partial charge in [-0.15, -0.1) is 0 Å². The molecule has 1 unspecified atom stereocenters. The SMILES string of the molecule is CC1C=Cc2c(n(-c3cccc(-c4cc(C#N)cc(-n5c6ccccc6c6ccccc65)c4)c3)c3ccccc23)C1. The third-order valence-corrected chi connectivity index (χ3v) is 8.45. The van der Waals surface area contributed by atoms with Crippen LogP contribution in [0.1, 0.15) is 23.7 Å². The first-order valence-corrected chi connectivity index (χ1v) is 14.1. The van der Waals surface area contributed by atoms with E-state index in [0.29, 0.717) is 11.5 Å². The lowest BCUT2D eigenvalue weighted by Crippen LogP contribution is -2.08. The Morgan fingerprint density at radius 3 is 1.98 bits per heavy atom. The second-order valence-corrected chi connectivity index (χ2v) is 11.1. The second kappa shape index (κ2) is 9.11. The summed E-state index contributed by atoms with van der Waals surface area (Å²) in [6, 6.07) is 43.1. The zero-order valence-electron chi connectivity index (χ0n) is 22.8.